The van der Waals surface area contributed by atoms with E-state index in [-0.39, 0.29) is 5.82 Å². The van der Waals surface area contributed by atoms with E-state index in [1.807, 2.05) is 0 Å². The van der Waals surface area contributed by atoms with Crippen LogP contribution in [0.1, 0.15) is 23.3 Å². The number of halogens is 3. The molecular weight excluding hydrogens is 340 g/mol. The molecule has 1 N–H and O–H groups in total. The van der Waals surface area contributed by atoms with Gasteiger partial charge in [-0.3, -0.25) is 0 Å². The van der Waals surface area contributed by atoms with Gasteiger partial charge in [-0.25, -0.2) is 14.1 Å². The summed E-state index contributed by atoms with van der Waals surface area (Å²) in [6, 6.07) is 10.0. The monoisotopic (exact) mass is 351 g/mol. The Labute approximate surface area is 142 Å². The number of aliphatic hydroxyl groups excluding tert-OH is 1. The Bertz CT molecular complexity index is 794. The SMILES string of the molecule is OC(c1ccc(F)cc1)C(c1ccc(Cl)cc1Cl)n1cncn1. The molecule has 118 valence electrons. The van der Waals surface area contributed by atoms with Gasteiger partial charge in [0.05, 0.1) is 0 Å². The van der Waals surface area contributed by atoms with Crippen molar-refractivity contribution in [3.8, 4) is 0 Å². The number of hydrogen-bond donors (Lipinski definition) is 1. The zero-order valence-electron chi connectivity index (χ0n) is 11.8. The van der Waals surface area contributed by atoms with E-state index in [4.69, 9.17) is 23.2 Å². The van der Waals surface area contributed by atoms with Crippen LogP contribution < -0.4 is 0 Å². The van der Waals surface area contributed by atoms with E-state index >= 15 is 0 Å². The number of hydrogen-bond acceptors (Lipinski definition) is 3. The number of rotatable bonds is 4. The molecule has 1 heterocycles. The maximum atomic E-state index is 13.1. The molecule has 2 aromatic carbocycles. The molecule has 4 nitrogen and oxygen atoms in total. The minimum atomic E-state index is -0.990. The molecule has 0 saturated heterocycles. The van der Waals surface area contributed by atoms with Gasteiger partial charge in [-0.2, -0.15) is 5.10 Å². The Balaban J connectivity index is 2.07. The Kier molecular flexibility index (Phi) is 4.61. The third-order valence-electron chi connectivity index (χ3n) is 3.51. The van der Waals surface area contributed by atoms with Crippen molar-refractivity contribution in [3.05, 3.63) is 82.1 Å². The number of aliphatic hydroxyl groups is 1. The molecule has 7 heteroatoms. The molecule has 0 aliphatic carbocycles. The van der Waals surface area contributed by atoms with Crippen LogP contribution in [-0.4, -0.2) is 19.9 Å². The third-order valence-corrected chi connectivity index (χ3v) is 4.08. The van der Waals surface area contributed by atoms with Gasteiger partial charge < -0.3 is 5.11 Å². The van der Waals surface area contributed by atoms with Crippen molar-refractivity contribution < 1.29 is 9.50 Å². The first-order valence-electron chi connectivity index (χ1n) is 6.79. The van der Waals surface area contributed by atoms with E-state index in [1.165, 1.54) is 41.6 Å². The van der Waals surface area contributed by atoms with Crippen LogP contribution in [-0.2, 0) is 0 Å². The van der Waals surface area contributed by atoms with Crippen LogP contribution in [0.5, 0.6) is 0 Å². The summed E-state index contributed by atoms with van der Waals surface area (Å²) >= 11 is 12.2. The maximum absolute atomic E-state index is 13.1. The van der Waals surface area contributed by atoms with Crippen LogP contribution in [0.4, 0.5) is 4.39 Å². The summed E-state index contributed by atoms with van der Waals surface area (Å²) in [6.07, 6.45) is 1.87. The second kappa shape index (κ2) is 6.66. The largest absolute Gasteiger partial charge is 0.386 e. The minimum Gasteiger partial charge on any atom is -0.386 e. The molecule has 0 bridgehead atoms. The zero-order valence-corrected chi connectivity index (χ0v) is 13.3. The van der Waals surface area contributed by atoms with Crippen LogP contribution in [0.2, 0.25) is 10.0 Å². The Hall–Kier alpha value is -1.95. The van der Waals surface area contributed by atoms with E-state index in [0.717, 1.165) is 0 Å². The molecule has 2 atom stereocenters. The van der Waals surface area contributed by atoms with Gasteiger partial charge in [0.15, 0.2) is 0 Å². The lowest BCUT2D eigenvalue weighted by Gasteiger charge is -2.24. The summed E-state index contributed by atoms with van der Waals surface area (Å²) < 4.78 is 14.6. The van der Waals surface area contributed by atoms with Crippen molar-refractivity contribution in [1.29, 1.82) is 0 Å². The fraction of sp³-hybridized carbons (Fsp3) is 0.125. The van der Waals surface area contributed by atoms with E-state index in [1.54, 1.807) is 18.2 Å². The van der Waals surface area contributed by atoms with Crippen LogP contribution >= 0.6 is 23.2 Å². The molecule has 0 spiro atoms. The van der Waals surface area contributed by atoms with E-state index in [9.17, 15) is 9.50 Å². The predicted molar refractivity (Wildman–Crippen MR) is 86.0 cm³/mol. The Morgan fingerprint density at radius 3 is 2.43 bits per heavy atom. The van der Waals surface area contributed by atoms with Crippen molar-refractivity contribution >= 4 is 23.2 Å². The molecule has 2 unspecified atom stereocenters. The first-order chi connectivity index (χ1) is 11.1. The van der Waals surface area contributed by atoms with Gasteiger partial charge in [0.25, 0.3) is 0 Å². The third kappa shape index (κ3) is 3.37. The van der Waals surface area contributed by atoms with Crippen molar-refractivity contribution in [2.45, 2.75) is 12.1 Å². The fourth-order valence-electron chi connectivity index (χ4n) is 2.40. The highest BCUT2D eigenvalue weighted by Gasteiger charge is 2.27. The van der Waals surface area contributed by atoms with Gasteiger partial charge >= 0.3 is 0 Å². The number of benzene rings is 2. The Morgan fingerprint density at radius 1 is 1.09 bits per heavy atom. The van der Waals surface area contributed by atoms with Crippen LogP contribution in [0.15, 0.2) is 55.1 Å². The van der Waals surface area contributed by atoms with E-state index in [2.05, 4.69) is 10.1 Å². The maximum Gasteiger partial charge on any atom is 0.137 e. The van der Waals surface area contributed by atoms with Crippen molar-refractivity contribution in [3.63, 3.8) is 0 Å². The molecule has 0 radical (unpaired) electrons. The topological polar surface area (TPSA) is 50.9 Å². The average molecular weight is 352 g/mol. The van der Waals surface area contributed by atoms with Crippen molar-refractivity contribution in [1.82, 2.24) is 14.8 Å². The minimum absolute atomic E-state index is 0.372. The summed E-state index contributed by atoms with van der Waals surface area (Å²) in [5, 5.41) is 15.8. The summed E-state index contributed by atoms with van der Waals surface area (Å²) in [7, 11) is 0. The van der Waals surface area contributed by atoms with Gasteiger partial charge in [0.1, 0.15) is 30.6 Å². The predicted octanol–water partition coefficient (Wildman–Crippen LogP) is 4.05. The van der Waals surface area contributed by atoms with Gasteiger partial charge in [-0.05, 0) is 35.4 Å². The summed E-state index contributed by atoms with van der Waals surface area (Å²) in [5.41, 5.74) is 1.18. The first kappa shape index (κ1) is 15.9. The van der Waals surface area contributed by atoms with E-state index < -0.39 is 12.1 Å². The lowest BCUT2D eigenvalue weighted by Crippen LogP contribution is -2.20. The smallest absolute Gasteiger partial charge is 0.137 e. The highest BCUT2D eigenvalue weighted by molar-refractivity contribution is 6.35. The summed E-state index contributed by atoms with van der Waals surface area (Å²) in [4.78, 5) is 3.92. The molecule has 0 aliphatic heterocycles. The highest BCUT2D eigenvalue weighted by atomic mass is 35.5. The molecule has 23 heavy (non-hydrogen) atoms. The van der Waals surface area contributed by atoms with Crippen molar-refractivity contribution in [2.75, 3.05) is 0 Å². The van der Waals surface area contributed by atoms with Crippen LogP contribution in [0.3, 0.4) is 0 Å². The lowest BCUT2D eigenvalue weighted by atomic mass is 9.96. The second-order valence-electron chi connectivity index (χ2n) is 4.98. The van der Waals surface area contributed by atoms with Crippen LogP contribution in [0.25, 0.3) is 0 Å². The van der Waals surface area contributed by atoms with Crippen LogP contribution in [0, 0.1) is 5.82 Å². The highest BCUT2D eigenvalue weighted by Crippen LogP contribution is 2.36. The van der Waals surface area contributed by atoms with Gasteiger partial charge in [0, 0.05) is 10.0 Å². The van der Waals surface area contributed by atoms with Crippen molar-refractivity contribution in [2.24, 2.45) is 0 Å². The quantitative estimate of drug-likeness (QED) is 0.771. The molecule has 0 amide bonds. The fourth-order valence-corrected chi connectivity index (χ4v) is 2.92. The van der Waals surface area contributed by atoms with Gasteiger partial charge in [-0.1, -0.05) is 41.4 Å². The lowest BCUT2D eigenvalue weighted by molar-refractivity contribution is 0.125. The average Bonchev–Trinajstić information content (AvgIpc) is 3.04. The number of aromatic nitrogens is 3. The zero-order chi connectivity index (χ0) is 16.4. The standard InChI is InChI=1S/C16H12Cl2FN3O/c17-11-3-6-13(14(18)7-11)15(22-9-20-8-21-22)16(23)10-1-4-12(19)5-2-10/h1-9,15-16,23H. The number of nitrogens with zero attached hydrogens (tertiary/aromatic N) is 3. The summed E-state index contributed by atoms with van der Waals surface area (Å²) in [6.45, 7) is 0. The Morgan fingerprint density at radius 2 is 1.83 bits per heavy atom. The van der Waals surface area contributed by atoms with E-state index in [0.29, 0.717) is 21.2 Å². The molecule has 0 fully saturated rings. The van der Waals surface area contributed by atoms with Gasteiger partial charge in [0.2, 0.25) is 0 Å². The van der Waals surface area contributed by atoms with Gasteiger partial charge in [-0.15, -0.1) is 0 Å². The molecule has 0 saturated carbocycles. The molecular formula is C16H12Cl2FN3O. The second-order valence-corrected chi connectivity index (χ2v) is 5.83. The normalized spacial score (nSPS) is 13.7. The molecule has 0 aliphatic rings. The summed E-state index contributed by atoms with van der Waals surface area (Å²) in [5.74, 6) is -0.372. The first-order valence-corrected chi connectivity index (χ1v) is 7.54. The molecule has 3 rings (SSSR count). The molecule has 1 aromatic heterocycles. The molecule has 3 aromatic rings.